The van der Waals surface area contributed by atoms with Crippen molar-refractivity contribution in [1.82, 2.24) is 19.7 Å². The molecule has 1 aliphatic carbocycles. The lowest BCUT2D eigenvalue weighted by atomic mass is 9.80. The van der Waals surface area contributed by atoms with Crippen molar-refractivity contribution in [3.8, 4) is 16.9 Å². The maximum atomic E-state index is 14.5. The number of benzene rings is 2. The lowest BCUT2D eigenvalue weighted by Crippen LogP contribution is -2.22. The monoisotopic (exact) mass is 522 g/mol. The van der Waals surface area contributed by atoms with E-state index in [4.69, 9.17) is 10.1 Å². The van der Waals surface area contributed by atoms with E-state index in [2.05, 4.69) is 56.1 Å². The highest BCUT2D eigenvalue weighted by atomic mass is 19.1. The lowest BCUT2D eigenvalue weighted by molar-refractivity contribution is 0.334. The zero-order valence-corrected chi connectivity index (χ0v) is 22.6. The molecule has 0 aliphatic heterocycles. The van der Waals surface area contributed by atoms with Crippen LogP contribution in [0.15, 0.2) is 78.9 Å². The minimum atomic E-state index is -0.874. The highest BCUT2D eigenvalue weighted by molar-refractivity contribution is 5.86. The van der Waals surface area contributed by atoms with Crippen LogP contribution in [0.25, 0.3) is 27.8 Å². The summed E-state index contributed by atoms with van der Waals surface area (Å²) < 4.78 is 30.0. The van der Waals surface area contributed by atoms with Gasteiger partial charge in [0.1, 0.15) is 0 Å². The fraction of sp³-hybridized carbons (Fsp3) is 0.303. The van der Waals surface area contributed by atoms with E-state index in [0.29, 0.717) is 11.1 Å². The Balaban J connectivity index is 1.49. The Labute approximate surface area is 227 Å². The minimum Gasteiger partial charge on any atom is -0.252 e. The smallest absolute Gasteiger partial charge is 0.224 e. The molecule has 198 valence electrons. The molecule has 6 rings (SSSR count). The number of aromatic nitrogens is 4. The summed E-state index contributed by atoms with van der Waals surface area (Å²) >= 11 is 0. The average Bonchev–Trinajstić information content (AvgIpc) is 3.53. The van der Waals surface area contributed by atoms with E-state index in [0.717, 1.165) is 40.5 Å². The van der Waals surface area contributed by atoms with Crippen molar-refractivity contribution in [2.45, 2.75) is 58.3 Å². The molecule has 2 aromatic carbocycles. The zero-order valence-electron chi connectivity index (χ0n) is 22.6. The standard InChI is InChI=1S/C33H32F2N4/c1-32(2,28-13-9-12-26(36-28)24-15-17-29(34)37-31(24)35)30-25-20-22(21-33(3)18-7-8-19-33)14-16-27(25)39(38-30)23-10-5-4-6-11-23/h4-6,9-17,20H,7-8,18-19,21H2,1-3H3. The van der Waals surface area contributed by atoms with Gasteiger partial charge in [0.25, 0.3) is 0 Å². The first-order chi connectivity index (χ1) is 18.7. The number of fused-ring (bicyclic) bond motifs is 1. The third-order valence-corrected chi connectivity index (χ3v) is 8.26. The highest BCUT2D eigenvalue weighted by Crippen LogP contribution is 2.42. The van der Waals surface area contributed by atoms with E-state index in [9.17, 15) is 8.78 Å². The molecular formula is C33H32F2N4. The van der Waals surface area contributed by atoms with Crippen molar-refractivity contribution in [3.63, 3.8) is 0 Å². The molecule has 5 aromatic rings. The van der Waals surface area contributed by atoms with Crippen molar-refractivity contribution < 1.29 is 8.78 Å². The number of nitrogens with zero attached hydrogens (tertiary/aromatic N) is 4. The van der Waals surface area contributed by atoms with Crippen LogP contribution in [0, 0.1) is 17.3 Å². The summed E-state index contributed by atoms with van der Waals surface area (Å²) in [6.07, 6.45) is 6.17. The van der Waals surface area contributed by atoms with Gasteiger partial charge in [0.2, 0.25) is 11.9 Å². The Morgan fingerprint density at radius 3 is 2.38 bits per heavy atom. The molecule has 0 spiro atoms. The molecule has 3 aromatic heterocycles. The number of rotatable bonds is 6. The van der Waals surface area contributed by atoms with E-state index >= 15 is 0 Å². The molecule has 6 heteroatoms. The lowest BCUT2D eigenvalue weighted by Gasteiger charge is -2.24. The van der Waals surface area contributed by atoms with Crippen molar-refractivity contribution in [2.24, 2.45) is 5.41 Å². The molecule has 39 heavy (non-hydrogen) atoms. The summed E-state index contributed by atoms with van der Waals surface area (Å²) in [5.74, 6) is -1.73. The predicted molar refractivity (Wildman–Crippen MR) is 151 cm³/mol. The van der Waals surface area contributed by atoms with Crippen LogP contribution in [0.4, 0.5) is 8.78 Å². The van der Waals surface area contributed by atoms with E-state index < -0.39 is 17.3 Å². The van der Waals surface area contributed by atoms with Crippen LogP contribution in [0.1, 0.15) is 63.4 Å². The van der Waals surface area contributed by atoms with Gasteiger partial charge in [0.15, 0.2) is 0 Å². The Kier molecular flexibility index (Phi) is 6.29. The van der Waals surface area contributed by atoms with Crippen molar-refractivity contribution >= 4 is 10.9 Å². The second kappa shape index (κ2) is 9.67. The van der Waals surface area contributed by atoms with Gasteiger partial charge in [-0.05, 0) is 92.6 Å². The molecule has 0 unspecified atom stereocenters. The molecule has 0 amide bonds. The predicted octanol–water partition coefficient (Wildman–Crippen LogP) is 8.21. The number of hydrogen-bond donors (Lipinski definition) is 0. The summed E-state index contributed by atoms with van der Waals surface area (Å²) in [7, 11) is 0. The molecule has 1 saturated carbocycles. The highest BCUT2D eigenvalue weighted by Gasteiger charge is 2.33. The maximum absolute atomic E-state index is 14.5. The van der Waals surface area contributed by atoms with E-state index in [1.165, 1.54) is 37.3 Å². The Hall–Kier alpha value is -3.93. The van der Waals surface area contributed by atoms with Crippen LogP contribution in [0.5, 0.6) is 0 Å². The maximum Gasteiger partial charge on any atom is 0.224 e. The molecule has 0 N–H and O–H groups in total. The van der Waals surface area contributed by atoms with Gasteiger partial charge >= 0.3 is 0 Å². The van der Waals surface area contributed by atoms with Gasteiger partial charge in [-0.1, -0.05) is 50.1 Å². The fourth-order valence-electron chi connectivity index (χ4n) is 6.06. The molecule has 3 heterocycles. The van der Waals surface area contributed by atoms with Crippen LogP contribution in [-0.4, -0.2) is 19.7 Å². The second-order valence-corrected chi connectivity index (χ2v) is 11.6. The SMILES string of the molecule is CC1(Cc2ccc3c(c2)c(C(C)(C)c2cccc(-c4ccc(F)nc4F)n2)nn3-c2ccccc2)CCCC1. The fourth-order valence-corrected chi connectivity index (χ4v) is 6.06. The Morgan fingerprint density at radius 2 is 1.64 bits per heavy atom. The zero-order chi connectivity index (χ0) is 27.2. The normalized spacial score (nSPS) is 15.2. The first-order valence-corrected chi connectivity index (χ1v) is 13.6. The third-order valence-electron chi connectivity index (χ3n) is 8.26. The van der Waals surface area contributed by atoms with Gasteiger partial charge in [0.05, 0.1) is 39.3 Å². The van der Waals surface area contributed by atoms with Crippen LogP contribution in [0.3, 0.4) is 0 Å². The molecule has 0 radical (unpaired) electrons. The quantitative estimate of drug-likeness (QED) is 0.211. The number of pyridine rings is 2. The largest absolute Gasteiger partial charge is 0.252 e. The average molecular weight is 523 g/mol. The van der Waals surface area contributed by atoms with Crippen molar-refractivity contribution in [1.29, 1.82) is 0 Å². The van der Waals surface area contributed by atoms with Gasteiger partial charge in [-0.3, -0.25) is 4.98 Å². The first-order valence-electron chi connectivity index (χ1n) is 13.6. The van der Waals surface area contributed by atoms with Crippen LogP contribution in [0.2, 0.25) is 0 Å². The molecule has 4 nitrogen and oxygen atoms in total. The first kappa shape index (κ1) is 25.4. The molecular weight excluding hydrogens is 490 g/mol. The number of para-hydroxylation sites is 1. The topological polar surface area (TPSA) is 43.6 Å². The van der Waals surface area contributed by atoms with Crippen molar-refractivity contribution in [3.05, 3.63) is 108 Å². The third kappa shape index (κ3) is 4.73. The summed E-state index contributed by atoms with van der Waals surface area (Å²) in [6, 6.07) is 24.9. The molecule has 0 saturated heterocycles. The molecule has 1 aliphatic rings. The van der Waals surface area contributed by atoms with E-state index in [1.54, 1.807) is 6.07 Å². The molecule has 0 atom stereocenters. The molecule has 1 fully saturated rings. The van der Waals surface area contributed by atoms with Gasteiger partial charge in [0, 0.05) is 5.39 Å². The number of hydrogen-bond acceptors (Lipinski definition) is 3. The summed E-state index contributed by atoms with van der Waals surface area (Å²) in [4.78, 5) is 8.18. The molecule has 0 bridgehead atoms. The summed E-state index contributed by atoms with van der Waals surface area (Å²) in [6.45, 7) is 6.60. The van der Waals surface area contributed by atoms with Gasteiger partial charge in [-0.15, -0.1) is 0 Å². The summed E-state index contributed by atoms with van der Waals surface area (Å²) in [5.41, 5.74) is 5.30. The summed E-state index contributed by atoms with van der Waals surface area (Å²) in [5, 5.41) is 6.26. The van der Waals surface area contributed by atoms with Crippen LogP contribution in [-0.2, 0) is 11.8 Å². The Bertz CT molecular complexity index is 1650. The van der Waals surface area contributed by atoms with E-state index in [1.807, 2.05) is 35.0 Å². The Morgan fingerprint density at radius 1 is 0.872 bits per heavy atom. The van der Waals surface area contributed by atoms with Gasteiger partial charge in [-0.2, -0.15) is 18.9 Å². The van der Waals surface area contributed by atoms with Gasteiger partial charge < -0.3 is 0 Å². The minimum absolute atomic E-state index is 0.167. The van der Waals surface area contributed by atoms with Crippen molar-refractivity contribution in [2.75, 3.05) is 0 Å². The van der Waals surface area contributed by atoms with Crippen LogP contribution >= 0.6 is 0 Å². The van der Waals surface area contributed by atoms with Gasteiger partial charge in [-0.25, -0.2) is 4.68 Å². The number of halogens is 2. The van der Waals surface area contributed by atoms with Crippen LogP contribution < -0.4 is 0 Å². The second-order valence-electron chi connectivity index (χ2n) is 11.6. The van der Waals surface area contributed by atoms with E-state index in [-0.39, 0.29) is 5.56 Å².